The van der Waals surface area contributed by atoms with Gasteiger partial charge in [-0.1, -0.05) is 42.0 Å². The van der Waals surface area contributed by atoms with Crippen molar-refractivity contribution in [1.82, 2.24) is 4.90 Å². The van der Waals surface area contributed by atoms with Crippen LogP contribution in [-0.4, -0.2) is 31.1 Å². The molecule has 1 aliphatic rings. The van der Waals surface area contributed by atoms with Crippen LogP contribution in [0.25, 0.3) is 11.1 Å². The molecule has 0 amide bonds. The van der Waals surface area contributed by atoms with Gasteiger partial charge in [-0.2, -0.15) is 0 Å². The molecular weight excluding hydrogens is 258 g/mol. The molecular formula is C19H23NO. The molecule has 0 aromatic heterocycles. The summed E-state index contributed by atoms with van der Waals surface area (Å²) in [5, 5.41) is 0. The van der Waals surface area contributed by atoms with Crippen molar-refractivity contribution in [1.29, 1.82) is 0 Å². The van der Waals surface area contributed by atoms with Gasteiger partial charge in [-0.25, -0.2) is 0 Å². The van der Waals surface area contributed by atoms with Gasteiger partial charge < -0.3 is 9.64 Å². The lowest BCUT2D eigenvalue weighted by atomic mass is 10.0. The van der Waals surface area contributed by atoms with Crippen molar-refractivity contribution in [2.45, 2.75) is 25.9 Å². The molecule has 0 bridgehead atoms. The molecule has 2 aromatic carbocycles. The Labute approximate surface area is 127 Å². The minimum Gasteiger partial charge on any atom is -0.490 e. The highest BCUT2D eigenvalue weighted by molar-refractivity contribution is 5.64. The maximum Gasteiger partial charge on any atom is 0.119 e. The number of benzene rings is 2. The first-order chi connectivity index (χ1) is 10.2. The van der Waals surface area contributed by atoms with Gasteiger partial charge in [-0.05, 0) is 50.1 Å². The first-order valence-corrected chi connectivity index (χ1v) is 7.73. The van der Waals surface area contributed by atoms with Crippen molar-refractivity contribution >= 4 is 0 Å². The van der Waals surface area contributed by atoms with Gasteiger partial charge in [-0.15, -0.1) is 0 Å². The Morgan fingerprint density at radius 3 is 1.95 bits per heavy atom. The first-order valence-electron chi connectivity index (χ1n) is 7.73. The molecule has 0 aliphatic carbocycles. The van der Waals surface area contributed by atoms with Crippen LogP contribution in [0.4, 0.5) is 0 Å². The molecule has 1 aliphatic heterocycles. The van der Waals surface area contributed by atoms with Crippen LogP contribution in [0.2, 0.25) is 0 Å². The maximum atomic E-state index is 6.09. The van der Waals surface area contributed by atoms with Gasteiger partial charge in [-0.3, -0.25) is 0 Å². The fourth-order valence-corrected chi connectivity index (χ4v) is 2.77. The lowest BCUT2D eigenvalue weighted by molar-refractivity contribution is 0.114. The maximum absolute atomic E-state index is 6.09. The predicted octanol–water partition coefficient (Wildman–Crippen LogP) is 4.14. The van der Waals surface area contributed by atoms with Crippen LogP contribution >= 0.6 is 0 Å². The zero-order valence-corrected chi connectivity index (χ0v) is 12.9. The summed E-state index contributed by atoms with van der Waals surface area (Å²) in [4.78, 5) is 2.36. The average Bonchev–Trinajstić information content (AvgIpc) is 2.51. The third-order valence-corrected chi connectivity index (χ3v) is 4.21. The number of aryl methyl sites for hydroxylation is 1. The molecule has 1 fully saturated rings. The summed E-state index contributed by atoms with van der Waals surface area (Å²) in [6, 6.07) is 17.1. The number of hydrogen-bond acceptors (Lipinski definition) is 2. The van der Waals surface area contributed by atoms with Crippen molar-refractivity contribution in [3.63, 3.8) is 0 Å². The molecule has 0 saturated carbocycles. The van der Waals surface area contributed by atoms with Gasteiger partial charge in [0.05, 0.1) is 0 Å². The second-order valence-corrected chi connectivity index (χ2v) is 6.01. The Kier molecular flexibility index (Phi) is 4.26. The molecule has 21 heavy (non-hydrogen) atoms. The SMILES string of the molecule is Cc1ccc(-c2ccc(OC3CCN(C)CC3)cc2)cc1. The van der Waals surface area contributed by atoms with E-state index in [-0.39, 0.29) is 0 Å². The molecule has 1 heterocycles. The number of piperidine rings is 1. The number of ether oxygens (including phenoxy) is 1. The van der Waals surface area contributed by atoms with E-state index in [2.05, 4.69) is 67.4 Å². The number of hydrogen-bond donors (Lipinski definition) is 0. The fourth-order valence-electron chi connectivity index (χ4n) is 2.77. The summed E-state index contributed by atoms with van der Waals surface area (Å²) in [5.74, 6) is 0.986. The van der Waals surface area contributed by atoms with E-state index >= 15 is 0 Å². The summed E-state index contributed by atoms with van der Waals surface area (Å²) >= 11 is 0. The van der Waals surface area contributed by atoms with Crippen molar-refractivity contribution < 1.29 is 4.74 Å². The predicted molar refractivity (Wildman–Crippen MR) is 87.8 cm³/mol. The van der Waals surface area contributed by atoms with Gasteiger partial charge >= 0.3 is 0 Å². The molecule has 2 heteroatoms. The molecule has 0 N–H and O–H groups in total. The second kappa shape index (κ2) is 6.31. The van der Waals surface area contributed by atoms with Crippen LogP contribution < -0.4 is 4.74 Å². The molecule has 3 rings (SSSR count). The summed E-state index contributed by atoms with van der Waals surface area (Å²) in [7, 11) is 2.17. The zero-order chi connectivity index (χ0) is 14.7. The molecule has 110 valence electrons. The highest BCUT2D eigenvalue weighted by Crippen LogP contribution is 2.24. The van der Waals surface area contributed by atoms with E-state index in [1.165, 1.54) is 16.7 Å². The van der Waals surface area contributed by atoms with E-state index in [0.29, 0.717) is 6.10 Å². The quantitative estimate of drug-likeness (QED) is 0.838. The van der Waals surface area contributed by atoms with Crippen molar-refractivity contribution in [3.05, 3.63) is 54.1 Å². The van der Waals surface area contributed by atoms with Crippen LogP contribution in [0.5, 0.6) is 5.75 Å². The summed E-state index contributed by atoms with van der Waals surface area (Å²) in [5.41, 5.74) is 3.79. The monoisotopic (exact) mass is 281 g/mol. The third-order valence-electron chi connectivity index (χ3n) is 4.21. The van der Waals surface area contributed by atoms with E-state index < -0.39 is 0 Å². The Balaban J connectivity index is 1.65. The Morgan fingerprint density at radius 1 is 0.857 bits per heavy atom. The highest BCUT2D eigenvalue weighted by atomic mass is 16.5. The van der Waals surface area contributed by atoms with Gasteiger partial charge in [0.2, 0.25) is 0 Å². The molecule has 2 aromatic rings. The summed E-state index contributed by atoms with van der Waals surface area (Å²) in [6.45, 7) is 4.38. The van der Waals surface area contributed by atoms with E-state index in [9.17, 15) is 0 Å². The average molecular weight is 281 g/mol. The van der Waals surface area contributed by atoms with E-state index in [1.54, 1.807) is 0 Å². The van der Waals surface area contributed by atoms with Crippen LogP contribution in [0.15, 0.2) is 48.5 Å². The Bertz CT molecular complexity index is 566. The van der Waals surface area contributed by atoms with Gasteiger partial charge in [0, 0.05) is 13.1 Å². The minimum atomic E-state index is 0.367. The Hall–Kier alpha value is -1.80. The number of nitrogens with zero attached hydrogens (tertiary/aromatic N) is 1. The van der Waals surface area contributed by atoms with E-state index in [1.807, 2.05) is 0 Å². The Morgan fingerprint density at radius 2 is 1.38 bits per heavy atom. The lowest BCUT2D eigenvalue weighted by Gasteiger charge is -2.29. The standard InChI is InChI=1S/C19H23NO/c1-15-3-5-16(6-4-15)17-7-9-18(10-8-17)21-19-11-13-20(2)14-12-19/h3-10,19H,11-14H2,1-2H3. The van der Waals surface area contributed by atoms with Crippen LogP contribution in [-0.2, 0) is 0 Å². The topological polar surface area (TPSA) is 12.5 Å². The molecule has 1 saturated heterocycles. The van der Waals surface area contributed by atoms with Crippen molar-refractivity contribution in [2.24, 2.45) is 0 Å². The van der Waals surface area contributed by atoms with Crippen LogP contribution in [0.3, 0.4) is 0 Å². The summed E-state index contributed by atoms with van der Waals surface area (Å²) in [6.07, 6.45) is 2.61. The molecule has 0 radical (unpaired) electrons. The molecule has 0 spiro atoms. The lowest BCUT2D eigenvalue weighted by Crippen LogP contribution is -2.35. The first kappa shape index (κ1) is 14.2. The van der Waals surface area contributed by atoms with E-state index in [0.717, 1.165) is 31.7 Å². The minimum absolute atomic E-state index is 0.367. The third kappa shape index (κ3) is 3.64. The van der Waals surface area contributed by atoms with Gasteiger partial charge in [0.15, 0.2) is 0 Å². The van der Waals surface area contributed by atoms with Gasteiger partial charge in [0.1, 0.15) is 11.9 Å². The fraction of sp³-hybridized carbons (Fsp3) is 0.368. The molecule has 0 atom stereocenters. The smallest absolute Gasteiger partial charge is 0.119 e. The normalized spacial score (nSPS) is 16.9. The second-order valence-electron chi connectivity index (χ2n) is 6.01. The number of likely N-dealkylation sites (tertiary alicyclic amines) is 1. The van der Waals surface area contributed by atoms with Crippen molar-refractivity contribution in [3.8, 4) is 16.9 Å². The van der Waals surface area contributed by atoms with E-state index in [4.69, 9.17) is 4.74 Å². The van der Waals surface area contributed by atoms with Gasteiger partial charge in [0.25, 0.3) is 0 Å². The van der Waals surface area contributed by atoms with Crippen LogP contribution in [0.1, 0.15) is 18.4 Å². The molecule has 0 unspecified atom stereocenters. The van der Waals surface area contributed by atoms with Crippen molar-refractivity contribution in [2.75, 3.05) is 20.1 Å². The van der Waals surface area contributed by atoms with Crippen LogP contribution in [0, 0.1) is 6.92 Å². The zero-order valence-electron chi connectivity index (χ0n) is 12.9. The number of rotatable bonds is 3. The largest absolute Gasteiger partial charge is 0.490 e. The molecule has 2 nitrogen and oxygen atoms in total. The highest BCUT2D eigenvalue weighted by Gasteiger charge is 2.17. The summed E-state index contributed by atoms with van der Waals surface area (Å²) < 4.78 is 6.09.